The molecule has 0 bridgehead atoms. The lowest BCUT2D eigenvalue weighted by molar-refractivity contribution is 0.185. The number of nitrogens with two attached hydrogens (primary N) is 1. The maximum Gasteiger partial charge on any atom is 0.148 e. The molecule has 1 fully saturated rings. The average molecular weight is 237 g/mol. The van der Waals surface area contributed by atoms with Crippen molar-refractivity contribution in [2.24, 2.45) is 5.84 Å². The standard InChI is InChI=1S/C11H19N5O/c1-3-8-9(13-7-14-10(8)16-12)15-11(2)4-5-17-6-11/h7H,3-6,12H2,1-2H3,(H2,13,14,15,16). The van der Waals surface area contributed by atoms with Gasteiger partial charge in [-0.25, -0.2) is 15.8 Å². The normalized spacial score (nSPS) is 23.7. The third-order valence-corrected chi connectivity index (χ3v) is 3.07. The van der Waals surface area contributed by atoms with Gasteiger partial charge >= 0.3 is 0 Å². The number of hydrogen-bond acceptors (Lipinski definition) is 6. The van der Waals surface area contributed by atoms with E-state index in [0.29, 0.717) is 12.4 Å². The van der Waals surface area contributed by atoms with Crippen LogP contribution in [0, 0.1) is 0 Å². The van der Waals surface area contributed by atoms with Crippen LogP contribution in [0.3, 0.4) is 0 Å². The van der Waals surface area contributed by atoms with Crippen molar-refractivity contribution >= 4 is 11.6 Å². The van der Waals surface area contributed by atoms with Crippen molar-refractivity contribution in [2.75, 3.05) is 24.0 Å². The van der Waals surface area contributed by atoms with Gasteiger partial charge in [0.2, 0.25) is 0 Å². The van der Waals surface area contributed by atoms with Crippen LogP contribution in [0.25, 0.3) is 0 Å². The lowest BCUT2D eigenvalue weighted by Gasteiger charge is -2.25. The first-order valence-electron chi connectivity index (χ1n) is 5.85. The Bertz CT molecular complexity index is 389. The van der Waals surface area contributed by atoms with E-state index < -0.39 is 0 Å². The Morgan fingerprint density at radius 2 is 2.24 bits per heavy atom. The van der Waals surface area contributed by atoms with E-state index in [4.69, 9.17) is 10.6 Å². The predicted molar refractivity (Wildman–Crippen MR) is 66.7 cm³/mol. The summed E-state index contributed by atoms with van der Waals surface area (Å²) in [6.45, 7) is 5.68. The molecule has 4 N–H and O–H groups in total. The molecule has 2 rings (SSSR count). The van der Waals surface area contributed by atoms with Gasteiger partial charge in [-0.1, -0.05) is 6.92 Å². The topological polar surface area (TPSA) is 85.1 Å². The van der Waals surface area contributed by atoms with Crippen molar-refractivity contribution in [2.45, 2.75) is 32.2 Å². The van der Waals surface area contributed by atoms with Gasteiger partial charge in [0.1, 0.15) is 18.0 Å². The van der Waals surface area contributed by atoms with Gasteiger partial charge in [0.25, 0.3) is 0 Å². The van der Waals surface area contributed by atoms with E-state index in [1.54, 1.807) is 0 Å². The van der Waals surface area contributed by atoms with Gasteiger partial charge in [0, 0.05) is 12.2 Å². The highest BCUT2D eigenvalue weighted by molar-refractivity contribution is 5.57. The van der Waals surface area contributed by atoms with Gasteiger partial charge in [-0.2, -0.15) is 0 Å². The smallest absolute Gasteiger partial charge is 0.148 e. The number of nitrogen functional groups attached to an aromatic ring is 1. The molecule has 1 atom stereocenters. The Labute approximate surface area is 101 Å². The first kappa shape index (κ1) is 12.1. The molecule has 1 unspecified atom stereocenters. The minimum absolute atomic E-state index is 0.0514. The van der Waals surface area contributed by atoms with Crippen LogP contribution in [0.2, 0.25) is 0 Å². The van der Waals surface area contributed by atoms with E-state index in [1.807, 2.05) is 0 Å². The maximum absolute atomic E-state index is 5.44. The summed E-state index contributed by atoms with van der Waals surface area (Å²) in [7, 11) is 0. The van der Waals surface area contributed by atoms with Gasteiger partial charge in [-0.15, -0.1) is 0 Å². The monoisotopic (exact) mass is 237 g/mol. The zero-order valence-corrected chi connectivity index (χ0v) is 10.3. The van der Waals surface area contributed by atoms with E-state index in [9.17, 15) is 0 Å². The molecule has 0 aromatic carbocycles. The van der Waals surface area contributed by atoms with Crippen LogP contribution < -0.4 is 16.6 Å². The zero-order valence-electron chi connectivity index (χ0n) is 10.3. The van der Waals surface area contributed by atoms with Crippen LogP contribution in [0.4, 0.5) is 11.6 Å². The highest BCUT2D eigenvalue weighted by atomic mass is 16.5. The SMILES string of the molecule is CCc1c(NN)ncnc1NC1(C)CCOC1. The number of ether oxygens (including phenoxy) is 1. The molecule has 0 radical (unpaired) electrons. The molecule has 0 amide bonds. The molecule has 1 aliphatic heterocycles. The first-order chi connectivity index (χ1) is 8.18. The molecule has 17 heavy (non-hydrogen) atoms. The number of hydrazine groups is 1. The molecule has 94 valence electrons. The molecule has 0 aliphatic carbocycles. The molecule has 6 nitrogen and oxygen atoms in total. The molecule has 1 saturated heterocycles. The third-order valence-electron chi connectivity index (χ3n) is 3.07. The Kier molecular flexibility index (Phi) is 3.44. The van der Waals surface area contributed by atoms with E-state index in [2.05, 4.69) is 34.6 Å². The molecular formula is C11H19N5O. The van der Waals surface area contributed by atoms with Crippen LogP contribution in [0.15, 0.2) is 6.33 Å². The van der Waals surface area contributed by atoms with E-state index in [-0.39, 0.29) is 5.54 Å². The van der Waals surface area contributed by atoms with Gasteiger partial charge in [0.05, 0.1) is 12.1 Å². The maximum atomic E-state index is 5.44. The van der Waals surface area contributed by atoms with Gasteiger partial charge in [-0.3, -0.25) is 0 Å². The summed E-state index contributed by atoms with van der Waals surface area (Å²) in [4.78, 5) is 8.40. The molecule has 6 heteroatoms. The Hall–Kier alpha value is -1.40. The fourth-order valence-electron chi connectivity index (χ4n) is 2.03. The summed E-state index contributed by atoms with van der Waals surface area (Å²) in [5.74, 6) is 6.95. The fraction of sp³-hybridized carbons (Fsp3) is 0.636. The average Bonchev–Trinajstić information content (AvgIpc) is 2.75. The first-order valence-corrected chi connectivity index (χ1v) is 5.85. The summed E-state index contributed by atoms with van der Waals surface area (Å²) in [5.41, 5.74) is 3.55. The molecule has 0 spiro atoms. The van der Waals surface area contributed by atoms with Gasteiger partial charge < -0.3 is 15.5 Å². The highest BCUT2D eigenvalue weighted by Crippen LogP contribution is 2.27. The Morgan fingerprint density at radius 3 is 2.82 bits per heavy atom. The Balaban J connectivity index is 2.25. The van der Waals surface area contributed by atoms with Crippen LogP contribution >= 0.6 is 0 Å². The second-order valence-electron chi connectivity index (χ2n) is 4.54. The molecular weight excluding hydrogens is 218 g/mol. The van der Waals surface area contributed by atoms with Crippen LogP contribution in [-0.2, 0) is 11.2 Å². The molecule has 1 aliphatic rings. The highest BCUT2D eigenvalue weighted by Gasteiger charge is 2.30. The second kappa shape index (κ2) is 4.85. The van der Waals surface area contributed by atoms with Crippen molar-refractivity contribution in [3.63, 3.8) is 0 Å². The number of nitrogens with zero attached hydrogens (tertiary/aromatic N) is 2. The van der Waals surface area contributed by atoms with E-state index in [1.165, 1.54) is 6.33 Å². The number of nitrogens with one attached hydrogen (secondary N) is 2. The van der Waals surface area contributed by atoms with Gasteiger partial charge in [-0.05, 0) is 19.8 Å². The summed E-state index contributed by atoms with van der Waals surface area (Å²) < 4.78 is 5.42. The predicted octanol–water partition coefficient (Wildman–Crippen LogP) is 0.915. The van der Waals surface area contributed by atoms with E-state index in [0.717, 1.165) is 30.8 Å². The number of rotatable bonds is 4. The van der Waals surface area contributed by atoms with Crippen molar-refractivity contribution in [1.82, 2.24) is 9.97 Å². The lowest BCUT2D eigenvalue weighted by Crippen LogP contribution is -2.36. The second-order valence-corrected chi connectivity index (χ2v) is 4.54. The lowest BCUT2D eigenvalue weighted by atomic mass is 10.0. The van der Waals surface area contributed by atoms with E-state index >= 15 is 0 Å². The third kappa shape index (κ3) is 2.48. The fourth-order valence-corrected chi connectivity index (χ4v) is 2.03. The van der Waals surface area contributed by atoms with Gasteiger partial charge in [0.15, 0.2) is 0 Å². The molecule has 2 heterocycles. The van der Waals surface area contributed by atoms with Crippen LogP contribution in [0.5, 0.6) is 0 Å². The summed E-state index contributed by atoms with van der Waals surface area (Å²) >= 11 is 0. The number of anilines is 2. The molecule has 1 aromatic rings. The minimum atomic E-state index is -0.0514. The largest absolute Gasteiger partial charge is 0.379 e. The van der Waals surface area contributed by atoms with Crippen molar-refractivity contribution in [1.29, 1.82) is 0 Å². The minimum Gasteiger partial charge on any atom is -0.379 e. The van der Waals surface area contributed by atoms with Crippen molar-refractivity contribution in [3.05, 3.63) is 11.9 Å². The van der Waals surface area contributed by atoms with Crippen LogP contribution in [-0.4, -0.2) is 28.7 Å². The van der Waals surface area contributed by atoms with Crippen LogP contribution in [0.1, 0.15) is 25.8 Å². The van der Waals surface area contributed by atoms with Crippen molar-refractivity contribution < 1.29 is 4.74 Å². The van der Waals surface area contributed by atoms with Crippen molar-refractivity contribution in [3.8, 4) is 0 Å². The summed E-state index contributed by atoms with van der Waals surface area (Å²) in [6, 6.07) is 0. The number of aromatic nitrogens is 2. The quantitative estimate of drug-likeness (QED) is 0.533. The zero-order chi connectivity index (χ0) is 12.3. The summed E-state index contributed by atoms with van der Waals surface area (Å²) in [5, 5.41) is 3.44. The Morgan fingerprint density at radius 1 is 1.47 bits per heavy atom. The number of hydrogen-bond donors (Lipinski definition) is 3. The molecule has 1 aromatic heterocycles. The summed E-state index contributed by atoms with van der Waals surface area (Å²) in [6.07, 6.45) is 3.31. The molecule has 0 saturated carbocycles.